The summed E-state index contributed by atoms with van der Waals surface area (Å²) in [4.78, 5) is 60.5. The number of anilines is 1. The molecule has 400 valence electrons. The number of amides is 1. The highest BCUT2D eigenvalue weighted by Gasteiger charge is 2.50. The lowest BCUT2D eigenvalue weighted by atomic mass is 9.78. The predicted molar refractivity (Wildman–Crippen MR) is 277 cm³/mol. The molecule has 0 aromatic heterocycles. The average Bonchev–Trinajstić information content (AvgIpc) is 3.87. The van der Waals surface area contributed by atoms with Gasteiger partial charge in [-0.2, -0.15) is 0 Å². The zero-order valence-corrected chi connectivity index (χ0v) is 44.6. The Bertz CT molecular complexity index is 2630. The molecule has 0 aliphatic carbocycles. The number of Topliss-reactive ketones (excluding diaryl/α,β-unsaturated/α-hetero) is 1. The summed E-state index contributed by atoms with van der Waals surface area (Å²) in [6.07, 6.45) is 10.8. The topological polar surface area (TPSA) is 216 Å². The van der Waals surface area contributed by atoms with Gasteiger partial charge in [-0.1, -0.05) is 66.2 Å². The molecule has 2 aromatic carbocycles. The molecule has 17 nitrogen and oxygen atoms in total. The van der Waals surface area contributed by atoms with Gasteiger partial charge in [-0.3, -0.25) is 29.3 Å². The van der Waals surface area contributed by atoms with Gasteiger partial charge in [0.1, 0.15) is 28.6 Å². The number of methoxy groups -OCH3 is 1. The fraction of sp³-hybridized carbons (Fsp3) is 0.661. The summed E-state index contributed by atoms with van der Waals surface area (Å²) in [6, 6.07) is 0.512. The number of ether oxygens (including phenoxy) is 4. The van der Waals surface area contributed by atoms with E-state index in [4.69, 9.17) is 28.9 Å². The number of benzene rings is 2. The summed E-state index contributed by atoms with van der Waals surface area (Å²) in [7, 11) is 1.51. The number of hydrogen-bond donors (Lipinski definition) is 5. The van der Waals surface area contributed by atoms with Crippen LogP contribution < -0.4 is 20.8 Å². The molecule has 1 amide bonds. The molecule has 3 fully saturated rings. The Morgan fingerprint density at radius 3 is 2.19 bits per heavy atom. The van der Waals surface area contributed by atoms with Crippen LogP contribution in [0.5, 0.6) is 17.2 Å². The van der Waals surface area contributed by atoms with Gasteiger partial charge in [0, 0.05) is 106 Å². The number of hydrogen-bond acceptors (Lipinski definition) is 16. The normalized spacial score (nSPS) is 32.6. The molecule has 3 saturated heterocycles. The number of nitrogens with zero attached hydrogens (tertiary/aromatic N) is 5. The van der Waals surface area contributed by atoms with Crippen molar-refractivity contribution < 1.29 is 53.8 Å². The van der Waals surface area contributed by atoms with Gasteiger partial charge in [-0.25, -0.2) is 0 Å². The second kappa shape index (κ2) is 22.1. The number of phenolic OH excluding ortho intramolecular Hbond substituents is 2. The van der Waals surface area contributed by atoms with Crippen molar-refractivity contribution in [1.82, 2.24) is 14.7 Å². The van der Waals surface area contributed by atoms with E-state index in [0.717, 1.165) is 45.6 Å². The molecular weight excluding hydrogens is 933 g/mol. The number of carbonyl (C=O) groups is 3. The first kappa shape index (κ1) is 54.4. The van der Waals surface area contributed by atoms with Crippen LogP contribution >= 0.6 is 0 Å². The lowest BCUT2D eigenvalue weighted by Crippen LogP contribution is -2.49. The lowest BCUT2D eigenvalue weighted by Gasteiger charge is -2.40. The molecule has 17 heteroatoms. The van der Waals surface area contributed by atoms with Gasteiger partial charge < -0.3 is 54.5 Å². The molecule has 7 aliphatic rings. The highest BCUT2D eigenvalue weighted by molar-refractivity contribution is 6.19. The first-order chi connectivity index (χ1) is 34.7. The summed E-state index contributed by atoms with van der Waals surface area (Å²) >= 11 is 0. The van der Waals surface area contributed by atoms with Gasteiger partial charge in [-0.15, -0.1) is 0 Å². The highest BCUT2D eigenvalue weighted by atomic mass is 16.7. The minimum Gasteiger partial charge on any atom is -0.507 e. The van der Waals surface area contributed by atoms with E-state index in [1.807, 2.05) is 13.8 Å². The van der Waals surface area contributed by atoms with Crippen LogP contribution in [0, 0.1) is 36.5 Å². The SMILES string of the molecule is CO[C@H]1/C=C/O[C@@]2(C)Oc3c(C)c(O)c4c(O)c(c5c(c4c3C2=O)=NC2(CCN(CC(C)C)CC2)N=5)NC(=O)/C(C)=C\C=C\[C@H](C)[C@H](O)[C@@H](C)[C@@H](O)[C@@H](C)[C@H](OC(=O)CN2CCC(N3CCCCC3)CC2)[C@@H]1C. The van der Waals surface area contributed by atoms with Gasteiger partial charge in [0.05, 0.1) is 47.4 Å². The minimum atomic E-state index is -1.97. The predicted octanol–water partition coefficient (Wildman–Crippen LogP) is 5.68. The molecule has 1 spiro atoms. The molecule has 2 aromatic rings. The summed E-state index contributed by atoms with van der Waals surface area (Å²) in [5.41, 5.74) is -0.556. The van der Waals surface area contributed by atoms with Crippen LogP contribution in [0.1, 0.15) is 116 Å². The van der Waals surface area contributed by atoms with Crippen molar-refractivity contribution in [3.05, 3.63) is 58.0 Å². The van der Waals surface area contributed by atoms with E-state index in [1.54, 1.807) is 52.0 Å². The lowest BCUT2D eigenvalue weighted by molar-refractivity contribution is -0.164. The molecule has 9 rings (SSSR count). The summed E-state index contributed by atoms with van der Waals surface area (Å²) in [6.45, 7) is 22.4. The Morgan fingerprint density at radius 1 is 0.863 bits per heavy atom. The molecule has 7 heterocycles. The Kier molecular flexibility index (Phi) is 16.5. The molecule has 9 atom stereocenters. The van der Waals surface area contributed by atoms with Crippen LogP contribution in [-0.4, -0.2) is 154 Å². The van der Waals surface area contributed by atoms with Gasteiger partial charge >= 0.3 is 11.8 Å². The second-order valence-corrected chi connectivity index (χ2v) is 22.4. The van der Waals surface area contributed by atoms with E-state index in [9.17, 15) is 34.8 Å². The van der Waals surface area contributed by atoms with Crippen LogP contribution in [-0.2, 0) is 23.8 Å². The maximum absolute atomic E-state index is 15.0. The number of likely N-dealkylation sites (tertiary alicyclic amines) is 3. The molecule has 73 heavy (non-hydrogen) atoms. The first-order valence-electron chi connectivity index (χ1n) is 26.7. The molecule has 7 aliphatic heterocycles. The Morgan fingerprint density at radius 2 is 1.53 bits per heavy atom. The van der Waals surface area contributed by atoms with Gasteiger partial charge in [0.25, 0.3) is 11.7 Å². The quantitative estimate of drug-likeness (QED) is 0.167. The molecule has 0 saturated carbocycles. The number of piperidine rings is 3. The summed E-state index contributed by atoms with van der Waals surface area (Å²) in [5, 5.41) is 51.3. The number of ketones is 1. The minimum absolute atomic E-state index is 0.0436. The Labute approximate surface area is 430 Å². The average molecular weight is 1010 g/mol. The molecule has 5 N–H and O–H groups in total. The van der Waals surface area contributed by atoms with Crippen molar-refractivity contribution in [2.75, 3.05) is 64.8 Å². The fourth-order valence-corrected chi connectivity index (χ4v) is 12.1. The number of allylic oxidation sites excluding steroid dienone is 2. The van der Waals surface area contributed by atoms with Crippen LogP contribution in [0.3, 0.4) is 0 Å². The van der Waals surface area contributed by atoms with Crippen LogP contribution in [0.4, 0.5) is 5.69 Å². The van der Waals surface area contributed by atoms with E-state index in [1.165, 1.54) is 39.6 Å². The number of aliphatic hydroxyl groups excluding tert-OH is 2. The maximum atomic E-state index is 15.0. The smallest absolute Gasteiger partial charge is 0.320 e. The monoisotopic (exact) mass is 1010 g/mol. The number of aliphatic hydroxyl groups is 2. The number of rotatable bonds is 7. The summed E-state index contributed by atoms with van der Waals surface area (Å²) in [5.74, 6) is -6.37. The molecule has 5 bridgehead atoms. The molecule has 0 unspecified atom stereocenters. The maximum Gasteiger partial charge on any atom is 0.320 e. The number of esters is 1. The van der Waals surface area contributed by atoms with Crippen molar-refractivity contribution in [1.29, 1.82) is 0 Å². The van der Waals surface area contributed by atoms with Gasteiger partial charge in [-0.05, 0) is 64.6 Å². The van der Waals surface area contributed by atoms with E-state index >= 15 is 0 Å². The van der Waals surface area contributed by atoms with E-state index in [0.29, 0.717) is 37.9 Å². The largest absolute Gasteiger partial charge is 0.507 e. The van der Waals surface area contributed by atoms with Crippen molar-refractivity contribution >= 4 is 34.1 Å². The van der Waals surface area contributed by atoms with E-state index in [-0.39, 0.29) is 61.9 Å². The van der Waals surface area contributed by atoms with Crippen LogP contribution in [0.2, 0.25) is 0 Å². The van der Waals surface area contributed by atoms with Gasteiger partial charge in [0.15, 0.2) is 11.4 Å². The van der Waals surface area contributed by atoms with Crippen molar-refractivity contribution in [2.24, 2.45) is 39.6 Å². The zero-order valence-electron chi connectivity index (χ0n) is 44.6. The third-order valence-corrected chi connectivity index (χ3v) is 16.7. The molecule has 0 radical (unpaired) electrons. The Balaban J connectivity index is 1.16. The number of nitrogens with one attached hydrogen (secondary N) is 1. The number of fused-ring (bicyclic) bond motifs is 13. The zero-order chi connectivity index (χ0) is 52.7. The van der Waals surface area contributed by atoms with Crippen LogP contribution in [0.25, 0.3) is 10.8 Å². The first-order valence-corrected chi connectivity index (χ1v) is 26.7. The third kappa shape index (κ3) is 11.0. The van der Waals surface area contributed by atoms with Crippen LogP contribution in [0.15, 0.2) is 46.1 Å². The third-order valence-electron chi connectivity index (χ3n) is 16.7. The number of aromatic hydroxyl groups is 2. The fourth-order valence-electron chi connectivity index (χ4n) is 12.1. The Hall–Kier alpha value is -4.91. The van der Waals surface area contributed by atoms with Crippen molar-refractivity contribution in [2.45, 2.75) is 149 Å². The number of carbonyl (C=O) groups excluding carboxylic acids is 3. The van der Waals surface area contributed by atoms with E-state index in [2.05, 4.69) is 33.9 Å². The number of phenols is 2. The second-order valence-electron chi connectivity index (χ2n) is 22.4. The van der Waals surface area contributed by atoms with Crippen molar-refractivity contribution in [3.63, 3.8) is 0 Å². The highest BCUT2D eigenvalue weighted by Crippen LogP contribution is 2.50. The standard InChI is InChI=1S/C56H80N6O11/c1-31(2)29-61-26-20-56(21-27-61)58-44-41-42-49(66)37(8)52-43(41)53(68)55(9,73-52)71-28-19-39(70-10)34(5)51(72-40(63)30-60-24-17-38(18-25-60)62-22-12-11-13-23-62)36(7)48(65)35(6)47(64)32(3)15-14-16-33(4)54(69)57-46(50(42)67)45(44)59-56/h14-16,19,28,31-32,34-36,38-39,47-48,51,64-67H,11-13,17-18,20-27,29-30H2,1-10H3,(H,57,69)/b15-14+,28-19+,33-16-/t32-,34+,35+,36+,39-,47-,48+,51+,55-/m0/s1. The summed E-state index contributed by atoms with van der Waals surface area (Å²) < 4.78 is 25.0. The van der Waals surface area contributed by atoms with Crippen molar-refractivity contribution in [3.8, 4) is 17.2 Å². The van der Waals surface area contributed by atoms with Gasteiger partial charge in [0.2, 0.25) is 0 Å². The van der Waals surface area contributed by atoms with E-state index < -0.39 is 82.9 Å². The molecular formula is C56H80N6O11.